The molecule has 5 atom stereocenters. The summed E-state index contributed by atoms with van der Waals surface area (Å²) in [5.74, 6) is 1.23. The van der Waals surface area contributed by atoms with Gasteiger partial charge in [0.25, 0.3) is 0 Å². The van der Waals surface area contributed by atoms with Gasteiger partial charge in [-0.05, 0) is 37.5 Å². The van der Waals surface area contributed by atoms with Crippen LogP contribution in [0.15, 0.2) is 0 Å². The smallest absolute Gasteiger partial charge is 0.225 e. The number of piperidine rings is 1. The molecule has 3 rings (SSSR count). The van der Waals surface area contributed by atoms with E-state index in [9.17, 15) is 9.59 Å². The van der Waals surface area contributed by atoms with Crippen molar-refractivity contribution in [2.75, 3.05) is 6.54 Å². The topological polar surface area (TPSA) is 84.2 Å². The van der Waals surface area contributed by atoms with Gasteiger partial charge in [0.05, 0.1) is 5.92 Å². The van der Waals surface area contributed by atoms with Gasteiger partial charge in [0.15, 0.2) is 0 Å². The zero-order chi connectivity index (χ0) is 12.7. The van der Waals surface area contributed by atoms with E-state index in [0.29, 0.717) is 24.8 Å². The van der Waals surface area contributed by atoms with Crippen molar-refractivity contribution in [2.45, 2.75) is 44.2 Å². The highest BCUT2D eigenvalue weighted by Gasteiger charge is 2.49. The van der Waals surface area contributed by atoms with E-state index in [1.807, 2.05) is 0 Å². The van der Waals surface area contributed by atoms with Crippen molar-refractivity contribution >= 4 is 24.2 Å². The van der Waals surface area contributed by atoms with Gasteiger partial charge in [-0.2, -0.15) is 0 Å². The summed E-state index contributed by atoms with van der Waals surface area (Å²) < 4.78 is 0. The summed E-state index contributed by atoms with van der Waals surface area (Å²) in [4.78, 5) is 23.4. The molecular formula is C13H22ClN3O2. The van der Waals surface area contributed by atoms with Crippen molar-refractivity contribution in [3.63, 3.8) is 0 Å². The summed E-state index contributed by atoms with van der Waals surface area (Å²) in [5.41, 5.74) is 6.16. The van der Waals surface area contributed by atoms with Crippen molar-refractivity contribution in [2.24, 2.45) is 23.5 Å². The lowest BCUT2D eigenvalue weighted by Crippen LogP contribution is -2.52. The van der Waals surface area contributed by atoms with Crippen molar-refractivity contribution in [3.05, 3.63) is 0 Å². The highest BCUT2D eigenvalue weighted by molar-refractivity contribution is 5.85. The Morgan fingerprint density at radius 2 is 2.00 bits per heavy atom. The number of nitrogens with two attached hydrogens (primary N) is 1. The standard InChI is InChI=1S/C13H21N3O2.ClH/c14-12-8-2-1-7(5-8)11(12)13(18)16-9-3-4-10(17)15-6-9;/h7-9,11-12H,1-6,14H2,(H,15,17)(H,16,18);1H. The minimum absolute atomic E-state index is 0. The van der Waals surface area contributed by atoms with Crippen LogP contribution in [0.5, 0.6) is 0 Å². The highest BCUT2D eigenvalue weighted by atomic mass is 35.5. The van der Waals surface area contributed by atoms with E-state index in [-0.39, 0.29) is 42.2 Å². The molecule has 3 aliphatic rings. The summed E-state index contributed by atoms with van der Waals surface area (Å²) in [6.07, 6.45) is 4.72. The molecule has 2 amide bonds. The number of amides is 2. The fraction of sp³-hybridized carbons (Fsp3) is 0.846. The van der Waals surface area contributed by atoms with E-state index in [1.165, 1.54) is 6.42 Å². The normalized spacial score (nSPS) is 40.5. The third-order valence-corrected chi connectivity index (χ3v) is 4.90. The van der Waals surface area contributed by atoms with Gasteiger partial charge in [-0.1, -0.05) is 0 Å². The predicted molar refractivity (Wildman–Crippen MR) is 73.7 cm³/mol. The van der Waals surface area contributed by atoms with Gasteiger partial charge in [0.2, 0.25) is 11.8 Å². The number of hydrogen-bond acceptors (Lipinski definition) is 3. The van der Waals surface area contributed by atoms with Crippen LogP contribution in [0.3, 0.4) is 0 Å². The highest BCUT2D eigenvalue weighted by Crippen LogP contribution is 2.47. The van der Waals surface area contributed by atoms with Crippen molar-refractivity contribution < 1.29 is 9.59 Å². The minimum atomic E-state index is 0. The fourth-order valence-electron chi connectivity index (χ4n) is 3.88. The Hall–Kier alpha value is -0.810. The van der Waals surface area contributed by atoms with E-state index in [1.54, 1.807) is 0 Å². The van der Waals surface area contributed by atoms with Crippen molar-refractivity contribution in [3.8, 4) is 0 Å². The number of carbonyl (C=O) groups excluding carboxylic acids is 2. The van der Waals surface area contributed by atoms with Crippen LogP contribution < -0.4 is 16.4 Å². The maximum Gasteiger partial charge on any atom is 0.225 e. The van der Waals surface area contributed by atoms with Crippen LogP contribution in [-0.2, 0) is 9.59 Å². The molecule has 0 radical (unpaired) electrons. The fourth-order valence-corrected chi connectivity index (χ4v) is 3.88. The molecule has 0 aromatic carbocycles. The van der Waals surface area contributed by atoms with Gasteiger partial charge in [-0.25, -0.2) is 0 Å². The molecule has 108 valence electrons. The molecule has 3 fully saturated rings. The molecule has 19 heavy (non-hydrogen) atoms. The molecule has 5 unspecified atom stereocenters. The average molecular weight is 288 g/mol. The van der Waals surface area contributed by atoms with Gasteiger partial charge < -0.3 is 16.4 Å². The average Bonchev–Trinajstić information content (AvgIpc) is 2.92. The number of hydrogen-bond donors (Lipinski definition) is 3. The van der Waals surface area contributed by atoms with E-state index >= 15 is 0 Å². The van der Waals surface area contributed by atoms with Gasteiger partial charge in [0.1, 0.15) is 0 Å². The summed E-state index contributed by atoms with van der Waals surface area (Å²) in [6.45, 7) is 0.556. The molecule has 4 N–H and O–H groups in total. The first-order chi connectivity index (χ1) is 8.65. The van der Waals surface area contributed by atoms with E-state index in [4.69, 9.17) is 5.73 Å². The second-order valence-corrected chi connectivity index (χ2v) is 5.98. The quantitative estimate of drug-likeness (QED) is 0.677. The molecule has 0 aromatic heterocycles. The Morgan fingerprint density at radius 3 is 2.58 bits per heavy atom. The van der Waals surface area contributed by atoms with Crippen LogP contribution in [0, 0.1) is 17.8 Å². The summed E-state index contributed by atoms with van der Waals surface area (Å²) in [7, 11) is 0. The van der Waals surface area contributed by atoms with Gasteiger partial charge in [0, 0.05) is 25.0 Å². The Balaban J connectivity index is 0.00000133. The molecule has 1 saturated heterocycles. The molecule has 1 heterocycles. The first-order valence-electron chi connectivity index (χ1n) is 6.98. The number of halogens is 1. The predicted octanol–water partition coefficient (Wildman–Crippen LogP) is 0.176. The largest absolute Gasteiger partial charge is 0.354 e. The molecule has 0 aromatic rings. The lowest BCUT2D eigenvalue weighted by Gasteiger charge is -2.30. The second kappa shape index (κ2) is 5.67. The minimum Gasteiger partial charge on any atom is -0.354 e. The first-order valence-corrected chi connectivity index (χ1v) is 6.98. The van der Waals surface area contributed by atoms with E-state index in [2.05, 4.69) is 10.6 Å². The molecular weight excluding hydrogens is 266 g/mol. The molecule has 2 aliphatic carbocycles. The summed E-state index contributed by atoms with van der Waals surface area (Å²) >= 11 is 0. The van der Waals surface area contributed by atoms with Gasteiger partial charge in [-0.3, -0.25) is 9.59 Å². The third-order valence-electron chi connectivity index (χ3n) is 4.90. The first kappa shape index (κ1) is 14.6. The van der Waals surface area contributed by atoms with E-state index in [0.717, 1.165) is 19.3 Å². The molecule has 2 saturated carbocycles. The van der Waals surface area contributed by atoms with Crippen molar-refractivity contribution in [1.29, 1.82) is 0 Å². The summed E-state index contributed by atoms with van der Waals surface area (Å²) in [5, 5.41) is 5.85. The second-order valence-electron chi connectivity index (χ2n) is 5.98. The van der Waals surface area contributed by atoms with Crippen LogP contribution in [0.2, 0.25) is 0 Å². The Morgan fingerprint density at radius 1 is 1.26 bits per heavy atom. The molecule has 2 bridgehead atoms. The lowest BCUT2D eigenvalue weighted by atomic mass is 9.84. The Kier molecular flexibility index (Phi) is 4.36. The Bertz CT molecular complexity index is 365. The van der Waals surface area contributed by atoms with Crippen molar-refractivity contribution in [1.82, 2.24) is 10.6 Å². The molecule has 6 heteroatoms. The number of carbonyl (C=O) groups is 2. The number of fused-ring (bicyclic) bond motifs is 2. The van der Waals surface area contributed by atoms with Gasteiger partial charge in [-0.15, -0.1) is 12.4 Å². The van der Waals surface area contributed by atoms with Crippen LogP contribution in [0.1, 0.15) is 32.1 Å². The SMILES string of the molecule is Cl.NC1C2CCC(C2)C1C(=O)NC1CCC(=O)NC1. The van der Waals surface area contributed by atoms with Crippen LogP contribution >= 0.6 is 12.4 Å². The third kappa shape index (κ3) is 2.72. The molecule has 5 nitrogen and oxygen atoms in total. The zero-order valence-electron chi connectivity index (χ0n) is 10.9. The van der Waals surface area contributed by atoms with Crippen LogP contribution in [0.4, 0.5) is 0 Å². The molecule has 0 spiro atoms. The zero-order valence-corrected chi connectivity index (χ0v) is 11.7. The van der Waals surface area contributed by atoms with E-state index < -0.39 is 0 Å². The number of rotatable bonds is 2. The summed E-state index contributed by atoms with van der Waals surface area (Å²) in [6, 6.07) is 0.128. The molecule has 1 aliphatic heterocycles. The number of nitrogens with one attached hydrogen (secondary N) is 2. The lowest BCUT2D eigenvalue weighted by molar-refractivity contribution is -0.129. The monoisotopic (exact) mass is 287 g/mol. The maximum absolute atomic E-state index is 12.3. The van der Waals surface area contributed by atoms with Gasteiger partial charge >= 0.3 is 0 Å². The maximum atomic E-state index is 12.3. The van der Waals surface area contributed by atoms with Crippen LogP contribution in [0.25, 0.3) is 0 Å². The van der Waals surface area contributed by atoms with Crippen LogP contribution in [-0.4, -0.2) is 30.4 Å². The Labute approximate surface area is 119 Å².